The van der Waals surface area contributed by atoms with Crippen molar-refractivity contribution in [1.82, 2.24) is 10.2 Å². The Morgan fingerprint density at radius 2 is 2.20 bits per heavy atom. The molecule has 1 fully saturated rings. The van der Waals surface area contributed by atoms with Crippen LogP contribution in [0.15, 0.2) is 0 Å². The summed E-state index contributed by atoms with van der Waals surface area (Å²) in [6.45, 7) is 4.57. The van der Waals surface area contributed by atoms with E-state index >= 15 is 0 Å². The molecule has 0 aliphatic carbocycles. The van der Waals surface area contributed by atoms with Gasteiger partial charge in [-0.1, -0.05) is 13.8 Å². The van der Waals surface area contributed by atoms with Crippen LogP contribution in [-0.4, -0.2) is 41.6 Å². The van der Waals surface area contributed by atoms with Crippen molar-refractivity contribution in [3.8, 4) is 0 Å². The number of hydrogen-bond acceptors (Lipinski definition) is 3. The number of likely N-dealkylation sites (N-methyl/N-ethyl adjacent to an activating group) is 1. The molecule has 2 unspecified atom stereocenters. The van der Waals surface area contributed by atoms with E-state index in [1.165, 1.54) is 0 Å². The summed E-state index contributed by atoms with van der Waals surface area (Å²) in [5, 5.41) is 2.39. The molecule has 15 heavy (non-hydrogen) atoms. The molecule has 1 rings (SSSR count). The Morgan fingerprint density at radius 3 is 2.60 bits per heavy atom. The first-order valence-electron chi connectivity index (χ1n) is 5.17. The molecule has 0 bridgehead atoms. The molecular weight excluding hydrogens is 212 g/mol. The summed E-state index contributed by atoms with van der Waals surface area (Å²) in [6, 6.07) is -0.351. The van der Waals surface area contributed by atoms with E-state index < -0.39 is 0 Å². The lowest BCUT2D eigenvalue weighted by atomic mass is 10.1. The van der Waals surface area contributed by atoms with Gasteiger partial charge in [-0.2, -0.15) is 12.6 Å². The van der Waals surface area contributed by atoms with Crippen LogP contribution in [0.25, 0.3) is 0 Å². The maximum atomic E-state index is 11.6. The van der Waals surface area contributed by atoms with Gasteiger partial charge in [0.25, 0.3) is 0 Å². The van der Waals surface area contributed by atoms with E-state index in [4.69, 9.17) is 0 Å². The van der Waals surface area contributed by atoms with Crippen LogP contribution >= 0.6 is 12.6 Å². The Bertz CT molecular complexity index is 268. The van der Waals surface area contributed by atoms with Gasteiger partial charge in [-0.15, -0.1) is 0 Å². The number of carbonyl (C=O) groups is 2. The van der Waals surface area contributed by atoms with Crippen molar-refractivity contribution >= 4 is 24.4 Å². The third-order valence-corrected chi connectivity index (χ3v) is 3.47. The molecule has 0 aromatic carbocycles. The van der Waals surface area contributed by atoms with Crippen LogP contribution in [0.1, 0.15) is 20.3 Å². The van der Waals surface area contributed by atoms with Gasteiger partial charge in [-0.05, 0) is 12.3 Å². The summed E-state index contributed by atoms with van der Waals surface area (Å²) in [5.74, 6) is 0.0113. The maximum absolute atomic E-state index is 11.6. The minimum atomic E-state index is -0.351. The van der Waals surface area contributed by atoms with Crippen LogP contribution in [0.4, 0.5) is 0 Å². The second-order valence-electron chi connectivity index (χ2n) is 4.30. The zero-order valence-corrected chi connectivity index (χ0v) is 10.3. The highest BCUT2D eigenvalue weighted by Crippen LogP contribution is 2.12. The Balaban J connectivity index is 2.49. The number of hydrogen-bond donors (Lipinski definition) is 2. The van der Waals surface area contributed by atoms with Crippen molar-refractivity contribution in [2.75, 3.05) is 13.6 Å². The number of carbonyl (C=O) groups excluding carboxylic acids is 2. The van der Waals surface area contributed by atoms with Crippen molar-refractivity contribution in [3.63, 3.8) is 0 Å². The normalized spacial score (nSPS) is 23.4. The van der Waals surface area contributed by atoms with E-state index in [0.717, 1.165) is 0 Å². The molecule has 1 saturated heterocycles. The number of nitrogens with one attached hydrogen (secondary N) is 1. The van der Waals surface area contributed by atoms with Crippen LogP contribution in [0.3, 0.4) is 0 Å². The number of amides is 2. The molecule has 1 heterocycles. The first kappa shape index (κ1) is 12.4. The summed E-state index contributed by atoms with van der Waals surface area (Å²) in [5.41, 5.74) is 0. The van der Waals surface area contributed by atoms with Gasteiger partial charge in [0.15, 0.2) is 0 Å². The van der Waals surface area contributed by atoms with Gasteiger partial charge >= 0.3 is 0 Å². The van der Waals surface area contributed by atoms with Crippen molar-refractivity contribution in [2.24, 2.45) is 5.92 Å². The smallest absolute Gasteiger partial charge is 0.244 e. The SMILES string of the molecule is CC(C)C(S)C(=O)NC1CCN(C)C1=O. The van der Waals surface area contributed by atoms with Gasteiger partial charge in [-0.25, -0.2) is 0 Å². The van der Waals surface area contributed by atoms with Gasteiger partial charge in [-0.3, -0.25) is 9.59 Å². The van der Waals surface area contributed by atoms with E-state index in [-0.39, 0.29) is 29.0 Å². The molecule has 5 heteroatoms. The highest BCUT2D eigenvalue weighted by Gasteiger charge is 2.31. The Labute approximate surface area is 95.8 Å². The Kier molecular flexibility index (Phi) is 4.02. The van der Waals surface area contributed by atoms with Crippen LogP contribution in [0, 0.1) is 5.92 Å². The summed E-state index contributed by atoms with van der Waals surface area (Å²) >= 11 is 4.21. The van der Waals surface area contributed by atoms with E-state index in [0.29, 0.717) is 13.0 Å². The summed E-state index contributed by atoms with van der Waals surface area (Å²) in [7, 11) is 1.75. The number of nitrogens with zero attached hydrogens (tertiary/aromatic N) is 1. The Morgan fingerprint density at radius 1 is 1.60 bits per heavy atom. The average Bonchev–Trinajstić information content (AvgIpc) is 2.48. The largest absolute Gasteiger partial charge is 0.344 e. The molecule has 0 saturated carbocycles. The average molecular weight is 230 g/mol. The number of thiol groups is 1. The molecule has 86 valence electrons. The van der Waals surface area contributed by atoms with Gasteiger partial charge < -0.3 is 10.2 Å². The first-order chi connectivity index (χ1) is 6.93. The molecular formula is C10H18N2O2S. The molecule has 0 aromatic heterocycles. The van der Waals surface area contributed by atoms with Crippen LogP contribution in [0.5, 0.6) is 0 Å². The molecule has 1 N–H and O–H groups in total. The van der Waals surface area contributed by atoms with E-state index in [1.54, 1.807) is 11.9 Å². The minimum Gasteiger partial charge on any atom is -0.344 e. The maximum Gasteiger partial charge on any atom is 0.244 e. The van der Waals surface area contributed by atoms with E-state index in [2.05, 4.69) is 17.9 Å². The fourth-order valence-electron chi connectivity index (χ4n) is 1.52. The van der Waals surface area contributed by atoms with Crippen molar-refractivity contribution in [3.05, 3.63) is 0 Å². The monoisotopic (exact) mass is 230 g/mol. The van der Waals surface area contributed by atoms with Crippen LogP contribution < -0.4 is 5.32 Å². The topological polar surface area (TPSA) is 49.4 Å². The van der Waals surface area contributed by atoms with E-state index in [1.807, 2.05) is 13.8 Å². The third-order valence-electron chi connectivity index (χ3n) is 2.64. The summed E-state index contributed by atoms with van der Waals surface area (Å²) in [6.07, 6.45) is 0.694. The zero-order chi connectivity index (χ0) is 11.6. The highest BCUT2D eigenvalue weighted by molar-refractivity contribution is 7.81. The predicted molar refractivity (Wildman–Crippen MR) is 61.8 cm³/mol. The van der Waals surface area contributed by atoms with Crippen molar-refractivity contribution in [1.29, 1.82) is 0 Å². The lowest BCUT2D eigenvalue weighted by molar-refractivity contribution is -0.131. The Hall–Kier alpha value is -0.710. The van der Waals surface area contributed by atoms with Crippen molar-refractivity contribution < 1.29 is 9.59 Å². The van der Waals surface area contributed by atoms with E-state index in [9.17, 15) is 9.59 Å². The molecule has 0 radical (unpaired) electrons. The fraction of sp³-hybridized carbons (Fsp3) is 0.800. The lowest BCUT2D eigenvalue weighted by Gasteiger charge is -2.17. The van der Waals surface area contributed by atoms with Gasteiger partial charge in [0, 0.05) is 13.6 Å². The van der Waals surface area contributed by atoms with Gasteiger partial charge in [0.2, 0.25) is 11.8 Å². The molecule has 2 amide bonds. The van der Waals surface area contributed by atoms with Gasteiger partial charge in [0.05, 0.1) is 5.25 Å². The predicted octanol–water partition coefficient (Wildman–Crippen LogP) is 0.288. The quantitative estimate of drug-likeness (QED) is 0.685. The summed E-state index contributed by atoms with van der Waals surface area (Å²) in [4.78, 5) is 24.8. The van der Waals surface area contributed by atoms with Crippen LogP contribution in [0.2, 0.25) is 0 Å². The molecule has 2 atom stereocenters. The second-order valence-corrected chi connectivity index (χ2v) is 4.85. The third kappa shape index (κ3) is 2.87. The lowest BCUT2D eigenvalue weighted by Crippen LogP contribution is -2.44. The summed E-state index contributed by atoms with van der Waals surface area (Å²) < 4.78 is 0. The number of rotatable bonds is 3. The highest BCUT2D eigenvalue weighted by atomic mass is 32.1. The van der Waals surface area contributed by atoms with Crippen molar-refractivity contribution in [2.45, 2.75) is 31.6 Å². The molecule has 0 spiro atoms. The second kappa shape index (κ2) is 4.88. The molecule has 0 aromatic rings. The number of likely N-dealkylation sites (tertiary alicyclic amines) is 1. The standard InChI is InChI=1S/C10H18N2O2S/c1-6(2)8(15)9(13)11-7-4-5-12(3)10(7)14/h6-8,15H,4-5H2,1-3H3,(H,11,13). The first-order valence-corrected chi connectivity index (χ1v) is 5.68. The fourth-order valence-corrected chi connectivity index (χ4v) is 1.59. The molecule has 1 aliphatic heterocycles. The minimum absolute atomic E-state index is 0.00682. The molecule has 4 nitrogen and oxygen atoms in total. The van der Waals surface area contributed by atoms with Gasteiger partial charge in [0.1, 0.15) is 6.04 Å². The van der Waals surface area contributed by atoms with Crippen LogP contribution in [-0.2, 0) is 9.59 Å². The molecule has 1 aliphatic rings. The zero-order valence-electron chi connectivity index (χ0n) is 9.36.